The van der Waals surface area contributed by atoms with Crippen molar-refractivity contribution in [3.05, 3.63) is 22.2 Å². The third-order valence-corrected chi connectivity index (χ3v) is 4.84. The van der Waals surface area contributed by atoms with Crippen LogP contribution in [0.3, 0.4) is 0 Å². The van der Waals surface area contributed by atoms with E-state index < -0.39 is 0 Å². The van der Waals surface area contributed by atoms with E-state index in [1.807, 2.05) is 6.07 Å². The van der Waals surface area contributed by atoms with Crippen LogP contribution in [-0.2, 0) is 0 Å². The van der Waals surface area contributed by atoms with Gasteiger partial charge in [0.25, 0.3) is 0 Å². The molecule has 4 heteroatoms. The van der Waals surface area contributed by atoms with Gasteiger partial charge in [0, 0.05) is 17.5 Å². The van der Waals surface area contributed by atoms with E-state index in [1.165, 1.54) is 31.2 Å². The molecule has 0 radical (unpaired) electrons. The molecule has 2 unspecified atom stereocenters. The molecule has 0 spiro atoms. The first-order valence-corrected chi connectivity index (χ1v) is 8.16. The Morgan fingerprint density at radius 3 is 2.70 bits per heavy atom. The standard InChI is InChI=1S/C16H24BrNO2/c1-4-10-18-13-7-5-6-11(13)12-8-9-14(19-2)15(17)16(12)20-3/h8-9,11,13,18H,4-7,10H2,1-3H3. The molecule has 0 heterocycles. The van der Waals surface area contributed by atoms with E-state index >= 15 is 0 Å². The molecule has 1 aliphatic rings. The molecule has 1 N–H and O–H groups in total. The molecule has 0 bridgehead atoms. The van der Waals surface area contributed by atoms with Crippen molar-refractivity contribution in [1.29, 1.82) is 0 Å². The Bertz CT molecular complexity index is 450. The van der Waals surface area contributed by atoms with Crippen LogP contribution in [0.1, 0.15) is 44.1 Å². The van der Waals surface area contributed by atoms with Crippen LogP contribution in [0.4, 0.5) is 0 Å². The summed E-state index contributed by atoms with van der Waals surface area (Å²) in [6.07, 6.45) is 4.92. The fraction of sp³-hybridized carbons (Fsp3) is 0.625. The quantitative estimate of drug-likeness (QED) is 0.844. The number of benzene rings is 1. The Balaban J connectivity index is 2.29. The van der Waals surface area contributed by atoms with Gasteiger partial charge in [0.15, 0.2) is 0 Å². The topological polar surface area (TPSA) is 30.5 Å². The Kier molecular flexibility index (Phi) is 5.73. The second kappa shape index (κ2) is 7.32. The predicted octanol–water partition coefficient (Wildman–Crippen LogP) is 4.10. The summed E-state index contributed by atoms with van der Waals surface area (Å²) in [5.74, 6) is 2.26. The minimum Gasteiger partial charge on any atom is -0.495 e. The van der Waals surface area contributed by atoms with Gasteiger partial charge >= 0.3 is 0 Å². The average Bonchev–Trinajstić information content (AvgIpc) is 2.92. The molecule has 1 saturated carbocycles. The van der Waals surface area contributed by atoms with E-state index in [4.69, 9.17) is 9.47 Å². The minimum atomic E-state index is 0.527. The largest absolute Gasteiger partial charge is 0.495 e. The van der Waals surface area contributed by atoms with Gasteiger partial charge in [-0.25, -0.2) is 0 Å². The van der Waals surface area contributed by atoms with Crippen LogP contribution in [0.15, 0.2) is 16.6 Å². The monoisotopic (exact) mass is 341 g/mol. The van der Waals surface area contributed by atoms with Crippen molar-refractivity contribution in [2.45, 2.75) is 44.6 Å². The van der Waals surface area contributed by atoms with Crippen molar-refractivity contribution in [3.8, 4) is 11.5 Å². The van der Waals surface area contributed by atoms with E-state index in [2.05, 4.69) is 34.2 Å². The highest BCUT2D eigenvalue weighted by Crippen LogP contribution is 2.45. The Morgan fingerprint density at radius 1 is 1.25 bits per heavy atom. The van der Waals surface area contributed by atoms with Crippen molar-refractivity contribution >= 4 is 15.9 Å². The molecule has 1 aromatic carbocycles. The molecule has 1 fully saturated rings. The molecule has 112 valence electrons. The summed E-state index contributed by atoms with van der Waals surface area (Å²) in [5.41, 5.74) is 1.28. The van der Waals surface area contributed by atoms with Crippen LogP contribution in [0.25, 0.3) is 0 Å². The molecule has 2 rings (SSSR count). The zero-order chi connectivity index (χ0) is 14.5. The maximum Gasteiger partial charge on any atom is 0.140 e. The zero-order valence-corrected chi connectivity index (χ0v) is 14.1. The zero-order valence-electron chi connectivity index (χ0n) is 12.5. The molecule has 0 saturated heterocycles. The fourth-order valence-electron chi connectivity index (χ4n) is 3.12. The Hall–Kier alpha value is -0.740. The number of hydrogen-bond donors (Lipinski definition) is 1. The van der Waals surface area contributed by atoms with E-state index in [0.29, 0.717) is 12.0 Å². The molecule has 1 aliphatic carbocycles. The number of hydrogen-bond acceptors (Lipinski definition) is 3. The fourth-order valence-corrected chi connectivity index (χ4v) is 3.80. The van der Waals surface area contributed by atoms with Crippen LogP contribution < -0.4 is 14.8 Å². The molecule has 3 nitrogen and oxygen atoms in total. The maximum atomic E-state index is 5.63. The highest BCUT2D eigenvalue weighted by molar-refractivity contribution is 9.10. The lowest BCUT2D eigenvalue weighted by atomic mass is 9.93. The van der Waals surface area contributed by atoms with Gasteiger partial charge in [-0.2, -0.15) is 0 Å². The number of ether oxygens (including phenoxy) is 2. The van der Waals surface area contributed by atoms with Crippen molar-refractivity contribution in [3.63, 3.8) is 0 Å². The first-order chi connectivity index (χ1) is 9.72. The lowest BCUT2D eigenvalue weighted by Crippen LogP contribution is -2.32. The molecule has 0 amide bonds. The summed E-state index contributed by atoms with van der Waals surface area (Å²) in [4.78, 5) is 0. The van der Waals surface area contributed by atoms with Crippen LogP contribution in [0.5, 0.6) is 11.5 Å². The average molecular weight is 342 g/mol. The summed E-state index contributed by atoms with van der Waals surface area (Å²) in [7, 11) is 3.41. The smallest absolute Gasteiger partial charge is 0.140 e. The molecule has 2 atom stereocenters. The number of nitrogens with one attached hydrogen (secondary N) is 1. The van der Waals surface area contributed by atoms with Gasteiger partial charge in [0.2, 0.25) is 0 Å². The Labute approximate surface area is 130 Å². The SMILES string of the molecule is CCCNC1CCCC1c1ccc(OC)c(Br)c1OC. The lowest BCUT2D eigenvalue weighted by Gasteiger charge is -2.24. The second-order valence-electron chi connectivity index (χ2n) is 5.30. The first-order valence-electron chi connectivity index (χ1n) is 7.36. The number of halogens is 1. The van der Waals surface area contributed by atoms with Gasteiger partial charge in [-0.1, -0.05) is 19.4 Å². The van der Waals surface area contributed by atoms with Gasteiger partial charge in [0.05, 0.1) is 14.2 Å². The molecular formula is C16H24BrNO2. The van der Waals surface area contributed by atoms with Crippen LogP contribution >= 0.6 is 15.9 Å². The third kappa shape index (κ3) is 3.12. The summed E-state index contributed by atoms with van der Waals surface area (Å²) in [6.45, 7) is 3.29. The lowest BCUT2D eigenvalue weighted by molar-refractivity contribution is 0.378. The maximum absolute atomic E-state index is 5.63. The molecule has 0 aromatic heterocycles. The Morgan fingerprint density at radius 2 is 2.05 bits per heavy atom. The number of rotatable bonds is 6. The van der Waals surface area contributed by atoms with Crippen molar-refractivity contribution < 1.29 is 9.47 Å². The van der Waals surface area contributed by atoms with Crippen LogP contribution in [-0.4, -0.2) is 26.8 Å². The summed E-state index contributed by atoms with van der Waals surface area (Å²) >= 11 is 3.60. The van der Waals surface area contributed by atoms with Crippen molar-refractivity contribution in [2.24, 2.45) is 0 Å². The second-order valence-corrected chi connectivity index (χ2v) is 6.10. The predicted molar refractivity (Wildman–Crippen MR) is 85.9 cm³/mol. The van der Waals surface area contributed by atoms with Gasteiger partial charge in [0.1, 0.15) is 16.0 Å². The van der Waals surface area contributed by atoms with Crippen molar-refractivity contribution in [1.82, 2.24) is 5.32 Å². The van der Waals surface area contributed by atoms with E-state index in [1.54, 1.807) is 14.2 Å². The van der Waals surface area contributed by atoms with Gasteiger partial charge < -0.3 is 14.8 Å². The summed E-state index contributed by atoms with van der Waals surface area (Å²) in [5, 5.41) is 3.68. The molecule has 1 aromatic rings. The highest BCUT2D eigenvalue weighted by atomic mass is 79.9. The van der Waals surface area contributed by atoms with Gasteiger partial charge in [-0.05, 0) is 47.8 Å². The number of methoxy groups -OCH3 is 2. The van der Waals surface area contributed by atoms with Crippen LogP contribution in [0.2, 0.25) is 0 Å². The first kappa shape index (κ1) is 15.6. The van der Waals surface area contributed by atoms with Gasteiger partial charge in [-0.15, -0.1) is 0 Å². The van der Waals surface area contributed by atoms with E-state index in [9.17, 15) is 0 Å². The van der Waals surface area contributed by atoms with E-state index in [-0.39, 0.29) is 0 Å². The molecule has 0 aliphatic heterocycles. The summed E-state index contributed by atoms with van der Waals surface area (Å²) in [6, 6.07) is 4.74. The highest BCUT2D eigenvalue weighted by Gasteiger charge is 2.31. The normalized spacial score (nSPS) is 22.0. The summed E-state index contributed by atoms with van der Waals surface area (Å²) < 4.78 is 11.9. The van der Waals surface area contributed by atoms with Crippen LogP contribution in [0, 0.1) is 0 Å². The minimum absolute atomic E-state index is 0.527. The van der Waals surface area contributed by atoms with E-state index in [0.717, 1.165) is 22.5 Å². The third-order valence-electron chi connectivity index (χ3n) is 4.09. The molecular weight excluding hydrogens is 318 g/mol. The van der Waals surface area contributed by atoms with Crippen molar-refractivity contribution in [2.75, 3.05) is 20.8 Å². The van der Waals surface area contributed by atoms with Gasteiger partial charge in [-0.3, -0.25) is 0 Å². The molecule has 20 heavy (non-hydrogen) atoms.